The number of hydrogen-bond acceptors (Lipinski definition) is 3. The van der Waals surface area contributed by atoms with Crippen molar-refractivity contribution in [3.05, 3.63) is 92.5 Å². The monoisotopic (exact) mass is 420 g/mol. The van der Waals surface area contributed by atoms with E-state index in [9.17, 15) is 18.8 Å². The number of benzene rings is 2. The molecule has 0 aliphatic heterocycles. The highest BCUT2D eigenvalue weighted by Gasteiger charge is 2.20. The maximum Gasteiger partial charge on any atom is 0.336 e. The van der Waals surface area contributed by atoms with Crippen LogP contribution in [0.2, 0.25) is 0 Å². The van der Waals surface area contributed by atoms with Gasteiger partial charge in [0.1, 0.15) is 17.9 Å². The van der Waals surface area contributed by atoms with E-state index in [1.807, 2.05) is 26.0 Å². The third kappa shape index (κ3) is 3.68. The van der Waals surface area contributed by atoms with Gasteiger partial charge >= 0.3 is 5.69 Å². The minimum absolute atomic E-state index is 0.303. The maximum atomic E-state index is 13.3. The zero-order valence-electron chi connectivity index (χ0n) is 17.3. The van der Waals surface area contributed by atoms with Crippen LogP contribution in [0.15, 0.2) is 64.2 Å². The standard InChI is InChI=1S/C23H21FN4O3/c1-14-4-10-18(11-5-14)28-22(30)21-19(12-15(2)26(21)3)27(23(28)31)13-20(29)25-17-8-6-16(24)7-9-17/h4-12H,13H2,1-3H3,(H,25,29). The van der Waals surface area contributed by atoms with Gasteiger partial charge in [-0.2, -0.15) is 0 Å². The topological polar surface area (TPSA) is 78.0 Å². The molecular weight excluding hydrogens is 399 g/mol. The average Bonchev–Trinajstić information content (AvgIpc) is 3.03. The molecule has 0 saturated carbocycles. The van der Waals surface area contributed by atoms with Gasteiger partial charge in [0.15, 0.2) is 0 Å². The van der Waals surface area contributed by atoms with Crippen molar-refractivity contribution in [3.63, 3.8) is 0 Å². The molecule has 0 fully saturated rings. The molecule has 0 saturated heterocycles. The van der Waals surface area contributed by atoms with Gasteiger partial charge in [-0.05, 0) is 56.3 Å². The molecular formula is C23H21FN4O3. The lowest BCUT2D eigenvalue weighted by atomic mass is 10.2. The minimum Gasteiger partial charge on any atom is -0.342 e. The smallest absolute Gasteiger partial charge is 0.336 e. The van der Waals surface area contributed by atoms with Crippen molar-refractivity contribution in [2.45, 2.75) is 20.4 Å². The Labute approximate surface area is 177 Å². The Morgan fingerprint density at radius 1 is 1.00 bits per heavy atom. The van der Waals surface area contributed by atoms with Crippen LogP contribution in [0.25, 0.3) is 16.7 Å². The molecule has 1 N–H and O–H groups in total. The highest BCUT2D eigenvalue weighted by atomic mass is 19.1. The number of carbonyl (C=O) groups is 1. The van der Waals surface area contributed by atoms with Gasteiger partial charge in [-0.25, -0.2) is 13.8 Å². The lowest BCUT2D eigenvalue weighted by molar-refractivity contribution is -0.116. The van der Waals surface area contributed by atoms with Gasteiger partial charge in [-0.3, -0.25) is 14.2 Å². The molecule has 0 unspecified atom stereocenters. The number of fused-ring (bicyclic) bond motifs is 1. The first-order chi connectivity index (χ1) is 14.8. The van der Waals surface area contributed by atoms with Crippen molar-refractivity contribution in [2.75, 3.05) is 5.32 Å². The van der Waals surface area contributed by atoms with E-state index < -0.39 is 23.0 Å². The van der Waals surface area contributed by atoms with E-state index >= 15 is 0 Å². The van der Waals surface area contributed by atoms with Crippen LogP contribution in [0, 0.1) is 19.7 Å². The van der Waals surface area contributed by atoms with Crippen molar-refractivity contribution < 1.29 is 9.18 Å². The van der Waals surface area contributed by atoms with E-state index in [0.717, 1.165) is 15.8 Å². The number of aromatic nitrogens is 3. The number of halogens is 1. The van der Waals surface area contributed by atoms with Crippen molar-refractivity contribution in [1.29, 1.82) is 0 Å². The molecule has 0 spiro atoms. The Morgan fingerprint density at radius 2 is 1.65 bits per heavy atom. The number of amides is 1. The number of carbonyl (C=O) groups excluding carboxylic acids is 1. The predicted molar refractivity (Wildman–Crippen MR) is 117 cm³/mol. The first-order valence-electron chi connectivity index (χ1n) is 9.70. The number of hydrogen-bond donors (Lipinski definition) is 1. The highest BCUT2D eigenvalue weighted by Crippen LogP contribution is 2.16. The van der Waals surface area contributed by atoms with E-state index in [2.05, 4.69) is 5.32 Å². The molecule has 0 atom stereocenters. The van der Waals surface area contributed by atoms with Crippen molar-refractivity contribution >= 4 is 22.6 Å². The van der Waals surface area contributed by atoms with Crippen LogP contribution in [0.1, 0.15) is 11.3 Å². The predicted octanol–water partition coefficient (Wildman–Crippen LogP) is 2.89. The molecule has 0 aliphatic rings. The maximum absolute atomic E-state index is 13.3. The van der Waals surface area contributed by atoms with Crippen LogP contribution in [0.4, 0.5) is 10.1 Å². The Bertz CT molecular complexity index is 1410. The van der Waals surface area contributed by atoms with Gasteiger partial charge in [0.2, 0.25) is 5.91 Å². The fourth-order valence-corrected chi connectivity index (χ4v) is 3.54. The first-order valence-corrected chi connectivity index (χ1v) is 9.70. The molecule has 158 valence electrons. The van der Waals surface area contributed by atoms with E-state index in [4.69, 9.17) is 0 Å². The normalized spacial score (nSPS) is 11.1. The molecule has 0 aliphatic carbocycles. The Kier molecular flexibility index (Phi) is 5.06. The number of rotatable bonds is 4. The molecule has 2 aromatic heterocycles. The Morgan fingerprint density at radius 3 is 2.29 bits per heavy atom. The quantitative estimate of drug-likeness (QED) is 0.552. The van der Waals surface area contributed by atoms with Gasteiger partial charge in [0.05, 0.1) is 11.2 Å². The van der Waals surface area contributed by atoms with Crippen molar-refractivity contribution in [1.82, 2.24) is 13.7 Å². The molecule has 4 aromatic rings. The lowest BCUT2D eigenvalue weighted by Crippen LogP contribution is -2.41. The fraction of sp³-hybridized carbons (Fsp3) is 0.174. The van der Waals surface area contributed by atoms with Crippen LogP contribution in [-0.2, 0) is 18.4 Å². The van der Waals surface area contributed by atoms with Crippen LogP contribution in [0.3, 0.4) is 0 Å². The third-order valence-electron chi connectivity index (χ3n) is 5.29. The second-order valence-corrected chi connectivity index (χ2v) is 7.48. The first kappa shape index (κ1) is 20.3. The summed E-state index contributed by atoms with van der Waals surface area (Å²) in [7, 11) is 1.74. The third-order valence-corrected chi connectivity index (χ3v) is 5.29. The van der Waals surface area contributed by atoms with Gasteiger partial charge in [-0.1, -0.05) is 17.7 Å². The highest BCUT2D eigenvalue weighted by molar-refractivity contribution is 5.91. The molecule has 8 heteroatoms. The second-order valence-electron chi connectivity index (χ2n) is 7.48. The second kappa shape index (κ2) is 7.71. The summed E-state index contributed by atoms with van der Waals surface area (Å²) in [5.74, 6) is -0.883. The lowest BCUT2D eigenvalue weighted by Gasteiger charge is -2.13. The molecule has 0 radical (unpaired) electrons. The molecule has 2 aromatic carbocycles. The Hall–Kier alpha value is -3.94. The average molecular weight is 420 g/mol. The summed E-state index contributed by atoms with van der Waals surface area (Å²) in [6, 6.07) is 14.1. The summed E-state index contributed by atoms with van der Waals surface area (Å²) in [4.78, 5) is 39.2. The largest absolute Gasteiger partial charge is 0.342 e. The van der Waals surface area contributed by atoms with Gasteiger partial charge in [-0.15, -0.1) is 0 Å². The Balaban J connectivity index is 1.85. The number of aryl methyl sites for hydroxylation is 3. The number of anilines is 1. The van der Waals surface area contributed by atoms with Crippen molar-refractivity contribution in [3.8, 4) is 5.69 Å². The minimum atomic E-state index is -0.610. The molecule has 2 heterocycles. The van der Waals surface area contributed by atoms with Crippen molar-refractivity contribution in [2.24, 2.45) is 7.05 Å². The summed E-state index contributed by atoms with van der Waals surface area (Å²) in [6.45, 7) is 3.43. The number of nitrogens with zero attached hydrogens (tertiary/aromatic N) is 3. The molecule has 0 bridgehead atoms. The molecule has 31 heavy (non-hydrogen) atoms. The van der Waals surface area contributed by atoms with E-state index in [-0.39, 0.29) is 6.54 Å². The molecule has 1 amide bonds. The summed E-state index contributed by atoms with van der Waals surface area (Å²) < 4.78 is 17.2. The van der Waals surface area contributed by atoms with Crippen LogP contribution < -0.4 is 16.6 Å². The summed E-state index contributed by atoms with van der Waals surface area (Å²) in [5, 5.41) is 2.65. The van der Waals surface area contributed by atoms with Gasteiger partial charge in [0.25, 0.3) is 5.56 Å². The van der Waals surface area contributed by atoms with E-state index in [1.165, 1.54) is 28.8 Å². The summed E-state index contributed by atoms with van der Waals surface area (Å²) in [5.41, 5.74) is 2.25. The summed E-state index contributed by atoms with van der Waals surface area (Å²) in [6.07, 6.45) is 0. The van der Waals surface area contributed by atoms with Crippen LogP contribution in [-0.4, -0.2) is 19.6 Å². The number of nitrogens with one attached hydrogen (secondary N) is 1. The molecule has 4 rings (SSSR count). The van der Waals surface area contributed by atoms with Gasteiger partial charge < -0.3 is 9.88 Å². The molecule has 7 nitrogen and oxygen atoms in total. The zero-order chi connectivity index (χ0) is 22.3. The SMILES string of the molecule is Cc1ccc(-n2c(=O)c3c(cc(C)n3C)n(CC(=O)Nc3ccc(F)cc3)c2=O)cc1. The van der Waals surface area contributed by atoms with Crippen LogP contribution >= 0.6 is 0 Å². The summed E-state index contributed by atoms with van der Waals surface area (Å²) >= 11 is 0. The van der Waals surface area contributed by atoms with E-state index in [0.29, 0.717) is 22.4 Å². The zero-order valence-corrected chi connectivity index (χ0v) is 17.3. The van der Waals surface area contributed by atoms with Crippen LogP contribution in [0.5, 0.6) is 0 Å². The fourth-order valence-electron chi connectivity index (χ4n) is 3.54. The van der Waals surface area contributed by atoms with E-state index in [1.54, 1.807) is 29.8 Å². The van der Waals surface area contributed by atoms with Gasteiger partial charge in [0, 0.05) is 18.4 Å².